The van der Waals surface area contributed by atoms with Gasteiger partial charge in [0.15, 0.2) is 6.61 Å². The normalized spacial score (nSPS) is 14.3. The number of nitrogens with one attached hydrogen (secondary N) is 1. The van der Waals surface area contributed by atoms with E-state index in [4.69, 9.17) is 27.9 Å². The smallest absolute Gasteiger partial charge is 0.261 e. The lowest BCUT2D eigenvalue weighted by Gasteiger charge is -2.32. The Morgan fingerprint density at radius 2 is 1.53 bits per heavy atom. The van der Waals surface area contributed by atoms with Crippen LogP contribution in [0.25, 0.3) is 0 Å². The summed E-state index contributed by atoms with van der Waals surface area (Å²) >= 11 is 12.7. The quantitative estimate of drug-likeness (QED) is 0.350. The van der Waals surface area contributed by atoms with E-state index in [1.807, 2.05) is 48.5 Å². The van der Waals surface area contributed by atoms with Crippen LogP contribution in [-0.2, 0) is 22.6 Å². The number of carbonyl (C=O) groups excluding carboxylic acids is 2. The van der Waals surface area contributed by atoms with Crippen molar-refractivity contribution in [2.24, 2.45) is 0 Å². The summed E-state index contributed by atoms with van der Waals surface area (Å²) < 4.78 is 5.77. The van der Waals surface area contributed by atoms with Crippen LogP contribution >= 0.6 is 23.2 Å². The van der Waals surface area contributed by atoms with Crippen molar-refractivity contribution in [1.82, 2.24) is 10.2 Å². The fourth-order valence-electron chi connectivity index (χ4n) is 4.52. The Balaban J connectivity index is 1.63. The molecule has 1 fully saturated rings. The van der Waals surface area contributed by atoms with E-state index in [0.717, 1.165) is 36.8 Å². The van der Waals surface area contributed by atoms with Gasteiger partial charge in [0.2, 0.25) is 5.91 Å². The lowest BCUT2D eigenvalue weighted by atomic mass is 10.0. The molecule has 1 atom stereocenters. The summed E-state index contributed by atoms with van der Waals surface area (Å²) in [5.74, 6) is -0.0681. The Bertz CT molecular complexity index is 1170. The molecule has 0 heterocycles. The van der Waals surface area contributed by atoms with Crippen LogP contribution in [-0.4, -0.2) is 35.4 Å². The predicted octanol–water partition coefficient (Wildman–Crippen LogP) is 6.07. The van der Waals surface area contributed by atoms with Gasteiger partial charge in [0.05, 0.1) is 5.02 Å². The number of hydrogen-bond donors (Lipinski definition) is 1. The third-order valence-electron chi connectivity index (χ3n) is 6.46. The maximum absolute atomic E-state index is 13.7. The molecule has 3 aromatic rings. The van der Waals surface area contributed by atoms with Gasteiger partial charge in [0.1, 0.15) is 11.8 Å². The lowest BCUT2D eigenvalue weighted by Crippen LogP contribution is -2.53. The molecule has 7 heteroatoms. The molecule has 0 aromatic heterocycles. The summed E-state index contributed by atoms with van der Waals surface area (Å²) in [7, 11) is 0. The van der Waals surface area contributed by atoms with E-state index in [9.17, 15) is 9.59 Å². The summed E-state index contributed by atoms with van der Waals surface area (Å²) in [5.41, 5.74) is 1.73. The highest BCUT2D eigenvalue weighted by Crippen LogP contribution is 2.25. The van der Waals surface area contributed by atoms with Crippen molar-refractivity contribution < 1.29 is 14.3 Å². The van der Waals surface area contributed by atoms with Crippen LogP contribution < -0.4 is 10.1 Å². The number of amides is 2. The molecule has 1 N–H and O–H groups in total. The number of rotatable bonds is 10. The summed E-state index contributed by atoms with van der Waals surface area (Å²) in [6.07, 6.45) is 4.49. The molecule has 1 aliphatic carbocycles. The van der Waals surface area contributed by atoms with E-state index < -0.39 is 6.04 Å². The summed E-state index contributed by atoms with van der Waals surface area (Å²) in [4.78, 5) is 28.9. The molecule has 36 heavy (non-hydrogen) atoms. The fourth-order valence-corrected chi connectivity index (χ4v) is 4.90. The minimum Gasteiger partial charge on any atom is -0.482 e. The highest BCUT2D eigenvalue weighted by molar-refractivity contribution is 6.32. The molecule has 3 aromatic carbocycles. The Kier molecular flexibility index (Phi) is 9.26. The monoisotopic (exact) mass is 524 g/mol. The molecule has 0 aliphatic heterocycles. The second kappa shape index (κ2) is 12.8. The number of nitrogens with zero attached hydrogens (tertiary/aromatic N) is 1. The van der Waals surface area contributed by atoms with Crippen molar-refractivity contribution in [3.8, 4) is 5.75 Å². The van der Waals surface area contributed by atoms with Crippen LogP contribution in [0.4, 0.5) is 0 Å². The second-order valence-corrected chi connectivity index (χ2v) is 9.84. The maximum atomic E-state index is 13.7. The molecule has 0 saturated heterocycles. The van der Waals surface area contributed by atoms with Gasteiger partial charge in [-0.2, -0.15) is 0 Å². The SMILES string of the molecule is O=C(NC1CCCC1)C(Cc1ccccc1)N(Cc1ccccc1Cl)C(=O)COc1ccccc1Cl. The molecule has 0 radical (unpaired) electrons. The lowest BCUT2D eigenvalue weighted by molar-refractivity contribution is -0.143. The number of benzene rings is 3. The molecule has 5 nitrogen and oxygen atoms in total. The molecular formula is C29H30Cl2N2O3. The Hall–Kier alpha value is -3.02. The average Bonchev–Trinajstić information content (AvgIpc) is 3.40. The van der Waals surface area contributed by atoms with E-state index in [-0.39, 0.29) is 31.0 Å². The van der Waals surface area contributed by atoms with Crippen LogP contribution in [0.3, 0.4) is 0 Å². The Morgan fingerprint density at radius 1 is 0.889 bits per heavy atom. The number of para-hydroxylation sites is 1. The van der Waals surface area contributed by atoms with Gasteiger partial charge in [-0.3, -0.25) is 9.59 Å². The first-order valence-corrected chi connectivity index (χ1v) is 13.0. The van der Waals surface area contributed by atoms with Gasteiger partial charge < -0.3 is 15.0 Å². The van der Waals surface area contributed by atoms with E-state index in [2.05, 4.69) is 5.32 Å². The van der Waals surface area contributed by atoms with Crippen molar-refractivity contribution >= 4 is 35.0 Å². The summed E-state index contributed by atoms with van der Waals surface area (Å²) in [6.45, 7) is -0.0733. The van der Waals surface area contributed by atoms with E-state index in [1.165, 1.54) is 0 Å². The van der Waals surface area contributed by atoms with Crippen molar-refractivity contribution in [2.75, 3.05) is 6.61 Å². The molecule has 1 saturated carbocycles. The van der Waals surface area contributed by atoms with Crippen molar-refractivity contribution in [1.29, 1.82) is 0 Å². The fraction of sp³-hybridized carbons (Fsp3) is 0.310. The molecule has 0 spiro atoms. The third-order valence-corrected chi connectivity index (χ3v) is 7.14. The van der Waals surface area contributed by atoms with Gasteiger partial charge in [0.25, 0.3) is 5.91 Å². The zero-order valence-electron chi connectivity index (χ0n) is 20.0. The van der Waals surface area contributed by atoms with Crippen LogP contribution in [0.15, 0.2) is 78.9 Å². The predicted molar refractivity (Wildman–Crippen MR) is 143 cm³/mol. The molecule has 188 valence electrons. The third kappa shape index (κ3) is 7.02. The molecule has 1 unspecified atom stereocenters. The minimum absolute atomic E-state index is 0.132. The topological polar surface area (TPSA) is 58.6 Å². The first kappa shape index (κ1) is 26.1. The number of hydrogen-bond acceptors (Lipinski definition) is 3. The van der Waals surface area contributed by atoms with Crippen molar-refractivity contribution in [2.45, 2.75) is 50.7 Å². The van der Waals surface area contributed by atoms with E-state index in [0.29, 0.717) is 22.2 Å². The standard InChI is InChI=1S/C29H30Cl2N2O3/c30-24-15-7-4-12-22(24)19-33(28(34)20-36-27-17-9-8-16-25(27)31)26(18-21-10-2-1-3-11-21)29(35)32-23-13-5-6-14-23/h1-4,7-12,15-17,23,26H,5-6,13-14,18-20H2,(H,32,35). The Labute approximate surface area is 222 Å². The van der Waals surface area contributed by atoms with E-state index >= 15 is 0 Å². The summed E-state index contributed by atoms with van der Waals surface area (Å²) in [5, 5.41) is 4.15. The van der Waals surface area contributed by atoms with Gasteiger partial charge in [-0.25, -0.2) is 0 Å². The molecule has 4 rings (SSSR count). The first-order valence-electron chi connectivity index (χ1n) is 12.3. The van der Waals surface area contributed by atoms with Crippen molar-refractivity contribution in [3.05, 3.63) is 100 Å². The summed E-state index contributed by atoms with van der Waals surface area (Å²) in [6, 6.07) is 23.5. The zero-order chi connectivity index (χ0) is 25.3. The van der Waals surface area contributed by atoms with Gasteiger partial charge in [0, 0.05) is 24.0 Å². The Morgan fingerprint density at radius 3 is 2.22 bits per heavy atom. The van der Waals surface area contributed by atoms with Gasteiger partial charge in [-0.1, -0.05) is 96.7 Å². The highest BCUT2D eigenvalue weighted by Gasteiger charge is 2.32. The number of carbonyl (C=O) groups is 2. The van der Waals surface area contributed by atoms with Crippen LogP contribution in [0, 0.1) is 0 Å². The zero-order valence-corrected chi connectivity index (χ0v) is 21.5. The highest BCUT2D eigenvalue weighted by atomic mass is 35.5. The maximum Gasteiger partial charge on any atom is 0.261 e. The minimum atomic E-state index is -0.730. The largest absolute Gasteiger partial charge is 0.482 e. The van der Waals surface area contributed by atoms with Crippen molar-refractivity contribution in [3.63, 3.8) is 0 Å². The molecule has 2 amide bonds. The molecule has 0 bridgehead atoms. The number of ether oxygens (including phenoxy) is 1. The first-order chi connectivity index (χ1) is 17.5. The molecule has 1 aliphatic rings. The van der Waals surface area contributed by atoms with Crippen LogP contribution in [0.1, 0.15) is 36.8 Å². The number of halogens is 2. The van der Waals surface area contributed by atoms with E-state index in [1.54, 1.807) is 35.2 Å². The second-order valence-electron chi connectivity index (χ2n) is 9.03. The van der Waals surface area contributed by atoms with Gasteiger partial charge in [-0.15, -0.1) is 0 Å². The van der Waals surface area contributed by atoms with Crippen LogP contribution in [0.2, 0.25) is 10.0 Å². The van der Waals surface area contributed by atoms with Gasteiger partial charge in [-0.05, 0) is 42.2 Å². The average molecular weight is 525 g/mol. The molecular weight excluding hydrogens is 495 g/mol. The van der Waals surface area contributed by atoms with Crippen LogP contribution in [0.5, 0.6) is 5.75 Å². The van der Waals surface area contributed by atoms with Gasteiger partial charge >= 0.3 is 0 Å².